The number of esters is 1. The van der Waals surface area contributed by atoms with Crippen LogP contribution in [0.5, 0.6) is 0 Å². The van der Waals surface area contributed by atoms with E-state index in [1.165, 1.54) is 7.11 Å². The zero-order chi connectivity index (χ0) is 11.3. The van der Waals surface area contributed by atoms with Crippen LogP contribution in [-0.2, 0) is 9.53 Å². The van der Waals surface area contributed by atoms with Crippen molar-refractivity contribution < 1.29 is 9.53 Å². The van der Waals surface area contributed by atoms with E-state index in [9.17, 15) is 4.79 Å². The number of hydrogen-bond donors (Lipinski definition) is 1. The Bertz CT molecular complexity index is 374. The first-order valence-corrected chi connectivity index (χ1v) is 5.07. The van der Waals surface area contributed by atoms with Gasteiger partial charge >= 0.3 is 5.97 Å². The van der Waals surface area contributed by atoms with E-state index < -0.39 is 5.97 Å². The highest BCUT2D eigenvalue weighted by Crippen LogP contribution is 2.13. The van der Waals surface area contributed by atoms with E-state index in [2.05, 4.69) is 31.2 Å². The van der Waals surface area contributed by atoms with Crippen LogP contribution >= 0.6 is 15.9 Å². The van der Waals surface area contributed by atoms with Gasteiger partial charge in [-0.15, -0.1) is 0 Å². The van der Waals surface area contributed by atoms with Gasteiger partial charge in [-0.2, -0.15) is 5.10 Å². The van der Waals surface area contributed by atoms with E-state index in [0.29, 0.717) is 0 Å². The second kappa shape index (κ2) is 5.50. The predicted octanol–water partition coefficient (Wildman–Crippen LogP) is 2.41. The van der Waals surface area contributed by atoms with Gasteiger partial charge in [0.1, 0.15) is 5.71 Å². The Balaban J connectivity index is 2.63. The van der Waals surface area contributed by atoms with Crippen LogP contribution in [-0.4, -0.2) is 18.8 Å². The average Bonchev–Trinajstić information content (AvgIpc) is 2.26. The van der Waals surface area contributed by atoms with Crippen molar-refractivity contribution in [1.82, 2.24) is 0 Å². The first kappa shape index (κ1) is 11.7. The molecule has 0 spiro atoms. The van der Waals surface area contributed by atoms with Crippen molar-refractivity contribution in [1.29, 1.82) is 0 Å². The zero-order valence-electron chi connectivity index (χ0n) is 8.45. The summed E-state index contributed by atoms with van der Waals surface area (Å²) in [6.07, 6.45) is 0. The van der Waals surface area contributed by atoms with Crippen LogP contribution in [0.4, 0.5) is 5.69 Å². The number of carbonyl (C=O) groups excluding carboxylic acids is 1. The minimum atomic E-state index is -0.445. The van der Waals surface area contributed by atoms with Crippen molar-refractivity contribution in [3.05, 3.63) is 28.7 Å². The fraction of sp³-hybridized carbons (Fsp3) is 0.200. The Hall–Kier alpha value is -1.36. The molecule has 0 unspecified atom stereocenters. The number of halogens is 1. The fourth-order valence-corrected chi connectivity index (χ4v) is 1.13. The summed E-state index contributed by atoms with van der Waals surface area (Å²) in [7, 11) is 1.32. The maximum atomic E-state index is 11.0. The van der Waals surface area contributed by atoms with Gasteiger partial charge in [-0.1, -0.05) is 15.9 Å². The van der Waals surface area contributed by atoms with Gasteiger partial charge in [0.15, 0.2) is 0 Å². The molecule has 1 rings (SSSR count). The number of hydrazone groups is 1. The van der Waals surface area contributed by atoms with Gasteiger partial charge in [0.2, 0.25) is 0 Å². The van der Waals surface area contributed by atoms with Crippen molar-refractivity contribution in [2.75, 3.05) is 12.5 Å². The molecule has 0 bridgehead atoms. The normalized spacial score (nSPS) is 11.0. The van der Waals surface area contributed by atoms with Crippen LogP contribution in [0, 0.1) is 0 Å². The molecular weight excluding hydrogens is 260 g/mol. The fourth-order valence-electron chi connectivity index (χ4n) is 0.866. The molecule has 0 aromatic heterocycles. The van der Waals surface area contributed by atoms with Gasteiger partial charge in [0.25, 0.3) is 0 Å². The molecule has 0 amide bonds. The SMILES string of the molecule is COC(=O)/C(C)=N\Nc1ccc(Br)cc1. The molecule has 0 heterocycles. The third-order valence-electron chi connectivity index (χ3n) is 1.68. The number of ether oxygens (including phenoxy) is 1. The summed E-state index contributed by atoms with van der Waals surface area (Å²) in [6, 6.07) is 7.45. The summed E-state index contributed by atoms with van der Waals surface area (Å²) in [5.41, 5.74) is 3.84. The Morgan fingerprint density at radius 1 is 1.40 bits per heavy atom. The van der Waals surface area contributed by atoms with E-state index >= 15 is 0 Å². The smallest absolute Gasteiger partial charge is 0.353 e. The van der Waals surface area contributed by atoms with Gasteiger partial charge in [-0.3, -0.25) is 5.43 Å². The topological polar surface area (TPSA) is 50.7 Å². The molecular formula is C10H11BrN2O2. The van der Waals surface area contributed by atoms with Crippen LogP contribution in [0.3, 0.4) is 0 Å². The molecule has 0 aliphatic heterocycles. The van der Waals surface area contributed by atoms with Gasteiger partial charge in [-0.25, -0.2) is 4.79 Å². The summed E-state index contributed by atoms with van der Waals surface area (Å²) in [4.78, 5) is 11.0. The number of anilines is 1. The molecule has 15 heavy (non-hydrogen) atoms. The summed E-state index contributed by atoms with van der Waals surface area (Å²) < 4.78 is 5.49. The number of benzene rings is 1. The summed E-state index contributed by atoms with van der Waals surface area (Å²) in [6.45, 7) is 1.58. The van der Waals surface area contributed by atoms with Crippen LogP contribution < -0.4 is 5.43 Å². The standard InChI is InChI=1S/C10H11BrN2O2/c1-7(10(14)15-2)12-13-9-5-3-8(11)4-6-9/h3-6,13H,1-2H3/b12-7-. The Morgan fingerprint density at radius 2 is 2.00 bits per heavy atom. The lowest BCUT2D eigenvalue weighted by Crippen LogP contribution is -2.13. The highest BCUT2D eigenvalue weighted by Gasteiger charge is 2.03. The molecule has 0 saturated carbocycles. The maximum Gasteiger partial charge on any atom is 0.353 e. The molecule has 1 N–H and O–H groups in total. The van der Waals surface area contributed by atoms with Crippen LogP contribution in [0.2, 0.25) is 0 Å². The number of methoxy groups -OCH3 is 1. The number of nitrogens with zero attached hydrogens (tertiary/aromatic N) is 1. The molecule has 0 atom stereocenters. The van der Waals surface area contributed by atoms with Crippen molar-refractivity contribution >= 4 is 33.3 Å². The summed E-state index contributed by atoms with van der Waals surface area (Å²) in [5.74, 6) is -0.445. The molecule has 0 fully saturated rings. The highest BCUT2D eigenvalue weighted by molar-refractivity contribution is 9.10. The van der Waals surface area contributed by atoms with Gasteiger partial charge in [0.05, 0.1) is 12.8 Å². The Morgan fingerprint density at radius 3 is 2.53 bits per heavy atom. The largest absolute Gasteiger partial charge is 0.464 e. The second-order valence-electron chi connectivity index (χ2n) is 2.81. The molecule has 4 nitrogen and oxygen atoms in total. The number of rotatable bonds is 3. The third kappa shape index (κ3) is 3.71. The van der Waals surface area contributed by atoms with E-state index in [-0.39, 0.29) is 5.71 Å². The zero-order valence-corrected chi connectivity index (χ0v) is 10.0. The molecule has 1 aromatic carbocycles. The van der Waals surface area contributed by atoms with E-state index in [1.54, 1.807) is 6.92 Å². The quantitative estimate of drug-likeness (QED) is 0.521. The van der Waals surface area contributed by atoms with Crippen LogP contribution in [0.1, 0.15) is 6.92 Å². The summed E-state index contributed by atoms with van der Waals surface area (Å²) >= 11 is 3.32. The first-order valence-electron chi connectivity index (χ1n) is 4.27. The lowest BCUT2D eigenvalue weighted by atomic mass is 10.3. The second-order valence-corrected chi connectivity index (χ2v) is 3.72. The van der Waals surface area contributed by atoms with Gasteiger partial charge < -0.3 is 4.74 Å². The molecule has 0 aliphatic rings. The van der Waals surface area contributed by atoms with Crippen LogP contribution in [0.25, 0.3) is 0 Å². The lowest BCUT2D eigenvalue weighted by molar-refractivity contribution is -0.132. The van der Waals surface area contributed by atoms with Crippen molar-refractivity contribution in [3.8, 4) is 0 Å². The summed E-state index contributed by atoms with van der Waals surface area (Å²) in [5, 5.41) is 3.87. The van der Waals surface area contributed by atoms with Crippen molar-refractivity contribution in [2.24, 2.45) is 5.10 Å². The lowest BCUT2D eigenvalue weighted by Gasteiger charge is -2.01. The third-order valence-corrected chi connectivity index (χ3v) is 2.21. The van der Waals surface area contributed by atoms with E-state index in [4.69, 9.17) is 0 Å². The highest BCUT2D eigenvalue weighted by atomic mass is 79.9. The van der Waals surface area contributed by atoms with Gasteiger partial charge in [-0.05, 0) is 31.2 Å². The molecule has 1 aromatic rings. The molecule has 80 valence electrons. The minimum Gasteiger partial charge on any atom is -0.464 e. The Labute approximate surface area is 96.4 Å². The number of nitrogens with one attached hydrogen (secondary N) is 1. The average molecular weight is 271 g/mol. The molecule has 0 radical (unpaired) electrons. The van der Waals surface area contributed by atoms with E-state index in [1.807, 2.05) is 24.3 Å². The molecule has 0 aliphatic carbocycles. The monoisotopic (exact) mass is 270 g/mol. The van der Waals surface area contributed by atoms with Crippen LogP contribution in [0.15, 0.2) is 33.8 Å². The van der Waals surface area contributed by atoms with Crippen molar-refractivity contribution in [2.45, 2.75) is 6.92 Å². The first-order chi connectivity index (χ1) is 7.13. The number of carbonyl (C=O) groups is 1. The van der Waals surface area contributed by atoms with Gasteiger partial charge in [0, 0.05) is 4.47 Å². The van der Waals surface area contributed by atoms with E-state index in [0.717, 1.165) is 10.2 Å². The van der Waals surface area contributed by atoms with Crippen molar-refractivity contribution in [3.63, 3.8) is 0 Å². The number of hydrogen-bond acceptors (Lipinski definition) is 4. The Kier molecular flexibility index (Phi) is 4.30. The minimum absolute atomic E-state index is 0.278. The predicted molar refractivity (Wildman–Crippen MR) is 62.9 cm³/mol. The molecule has 0 saturated heterocycles. The maximum absolute atomic E-state index is 11.0. The molecule has 5 heteroatoms.